The van der Waals surface area contributed by atoms with E-state index in [4.69, 9.17) is 5.73 Å². The fourth-order valence-electron chi connectivity index (χ4n) is 4.73. The molecule has 0 aliphatic carbocycles. The lowest BCUT2D eigenvalue weighted by molar-refractivity contribution is 0.0992. The summed E-state index contributed by atoms with van der Waals surface area (Å²) in [5, 5.41) is 2.48. The van der Waals surface area contributed by atoms with Gasteiger partial charge in [-0.05, 0) is 39.1 Å². The SMILES string of the molecule is CC1CN(c2cc(F)c(-c3cc(C(N)=O)c(F)cc3F)cc2NC(=O)c2c[nH]c(=O)cc2C(F)F)CC(C)N1C. The van der Waals surface area contributed by atoms with Crippen LogP contribution in [-0.4, -0.2) is 53.9 Å². The lowest BCUT2D eigenvalue weighted by Crippen LogP contribution is -2.55. The van der Waals surface area contributed by atoms with Gasteiger partial charge in [0.2, 0.25) is 5.56 Å². The van der Waals surface area contributed by atoms with Gasteiger partial charge < -0.3 is 20.9 Å². The first-order valence-corrected chi connectivity index (χ1v) is 12.2. The van der Waals surface area contributed by atoms with Crippen molar-refractivity contribution in [3.63, 3.8) is 0 Å². The first-order valence-electron chi connectivity index (χ1n) is 12.2. The number of nitrogens with one attached hydrogen (secondary N) is 2. The van der Waals surface area contributed by atoms with Crippen LogP contribution in [0.2, 0.25) is 0 Å². The fraction of sp³-hybridized carbons (Fsp3) is 0.296. The molecule has 0 spiro atoms. The zero-order valence-electron chi connectivity index (χ0n) is 21.7. The molecule has 0 saturated carbocycles. The molecule has 1 aromatic heterocycles. The summed E-state index contributed by atoms with van der Waals surface area (Å²) in [4.78, 5) is 42.5. The Morgan fingerprint density at radius 1 is 0.950 bits per heavy atom. The number of likely N-dealkylation sites (N-methyl/N-ethyl adjacent to an activating group) is 1. The van der Waals surface area contributed by atoms with Gasteiger partial charge in [0.05, 0.1) is 22.5 Å². The van der Waals surface area contributed by atoms with Crippen molar-refractivity contribution in [1.29, 1.82) is 0 Å². The number of aromatic nitrogens is 1. The van der Waals surface area contributed by atoms with Gasteiger partial charge in [0.1, 0.15) is 17.5 Å². The summed E-state index contributed by atoms with van der Waals surface area (Å²) in [5.74, 6) is -5.64. The van der Waals surface area contributed by atoms with Crippen LogP contribution in [0.4, 0.5) is 33.3 Å². The van der Waals surface area contributed by atoms with E-state index in [0.717, 1.165) is 24.4 Å². The van der Waals surface area contributed by atoms with Crippen molar-refractivity contribution in [2.24, 2.45) is 5.73 Å². The third-order valence-electron chi connectivity index (χ3n) is 7.08. The first kappa shape index (κ1) is 28.7. The number of amides is 2. The van der Waals surface area contributed by atoms with Gasteiger partial charge in [-0.1, -0.05) is 0 Å². The number of anilines is 2. The summed E-state index contributed by atoms with van der Waals surface area (Å²) in [6.07, 6.45) is -2.31. The number of alkyl halides is 2. The lowest BCUT2D eigenvalue weighted by atomic mass is 9.98. The fourth-order valence-corrected chi connectivity index (χ4v) is 4.73. The highest BCUT2D eigenvalue weighted by molar-refractivity contribution is 6.07. The Kier molecular flexibility index (Phi) is 7.96. The van der Waals surface area contributed by atoms with Crippen molar-refractivity contribution in [2.45, 2.75) is 32.4 Å². The van der Waals surface area contributed by atoms with E-state index in [1.807, 2.05) is 20.9 Å². The average Bonchev–Trinajstić information content (AvgIpc) is 2.87. The number of pyridine rings is 1. The number of hydrogen-bond donors (Lipinski definition) is 3. The van der Waals surface area contributed by atoms with Crippen LogP contribution in [0.3, 0.4) is 0 Å². The predicted octanol–water partition coefficient (Wildman–Crippen LogP) is 4.28. The molecule has 4 rings (SSSR count). The van der Waals surface area contributed by atoms with E-state index in [-0.39, 0.29) is 23.5 Å². The Morgan fingerprint density at radius 2 is 1.55 bits per heavy atom. The zero-order valence-corrected chi connectivity index (χ0v) is 21.7. The smallest absolute Gasteiger partial charge is 0.264 e. The second kappa shape index (κ2) is 11.1. The van der Waals surface area contributed by atoms with Crippen LogP contribution in [0.1, 0.15) is 46.6 Å². The molecule has 1 aliphatic rings. The first-order chi connectivity index (χ1) is 18.8. The molecule has 0 bridgehead atoms. The van der Waals surface area contributed by atoms with Gasteiger partial charge in [-0.15, -0.1) is 0 Å². The minimum absolute atomic E-state index is 0.00680. The van der Waals surface area contributed by atoms with Gasteiger partial charge >= 0.3 is 0 Å². The third-order valence-corrected chi connectivity index (χ3v) is 7.08. The number of H-pyrrole nitrogens is 1. The molecule has 8 nitrogen and oxygen atoms in total. The number of carbonyl (C=O) groups excluding carboxylic acids is 2. The predicted molar refractivity (Wildman–Crippen MR) is 139 cm³/mol. The summed E-state index contributed by atoms with van der Waals surface area (Å²) in [6.45, 7) is 4.70. The largest absolute Gasteiger partial charge is 0.367 e. The van der Waals surface area contributed by atoms with E-state index in [1.165, 1.54) is 0 Å². The molecule has 0 radical (unpaired) electrons. The third kappa shape index (κ3) is 5.55. The number of hydrogen-bond acceptors (Lipinski definition) is 5. The quantitative estimate of drug-likeness (QED) is 0.388. The molecule has 3 aromatic rings. The second-order valence-electron chi connectivity index (χ2n) is 9.71. The monoisotopic (exact) mass is 563 g/mol. The molecule has 2 atom stereocenters. The number of carbonyl (C=O) groups is 2. The highest BCUT2D eigenvalue weighted by atomic mass is 19.3. The number of halogens is 5. The van der Waals surface area contributed by atoms with Crippen molar-refractivity contribution >= 4 is 23.2 Å². The van der Waals surface area contributed by atoms with Crippen LogP contribution in [-0.2, 0) is 0 Å². The minimum atomic E-state index is -3.15. The van der Waals surface area contributed by atoms with Crippen LogP contribution < -0.4 is 21.5 Å². The molecule has 212 valence electrons. The van der Waals surface area contributed by atoms with Crippen LogP contribution in [0, 0.1) is 17.5 Å². The van der Waals surface area contributed by atoms with Crippen molar-refractivity contribution in [1.82, 2.24) is 9.88 Å². The summed E-state index contributed by atoms with van der Waals surface area (Å²) < 4.78 is 71.7. The highest BCUT2D eigenvalue weighted by Crippen LogP contribution is 2.38. The molecule has 4 N–H and O–H groups in total. The average molecular weight is 564 g/mol. The van der Waals surface area contributed by atoms with E-state index in [0.29, 0.717) is 25.2 Å². The maximum absolute atomic E-state index is 15.6. The summed E-state index contributed by atoms with van der Waals surface area (Å²) in [5.41, 5.74) is 1.47. The number of rotatable bonds is 6. The number of benzene rings is 2. The van der Waals surface area contributed by atoms with Crippen molar-refractivity contribution in [3.8, 4) is 11.1 Å². The van der Waals surface area contributed by atoms with Gasteiger partial charge in [-0.3, -0.25) is 19.3 Å². The molecule has 1 aliphatic heterocycles. The van der Waals surface area contributed by atoms with Crippen LogP contribution in [0.5, 0.6) is 0 Å². The molecular weight excluding hydrogens is 537 g/mol. The van der Waals surface area contributed by atoms with Crippen LogP contribution >= 0.6 is 0 Å². The van der Waals surface area contributed by atoms with Crippen LogP contribution in [0.15, 0.2) is 41.3 Å². The molecule has 2 unspecified atom stereocenters. The summed E-state index contributed by atoms with van der Waals surface area (Å²) >= 11 is 0. The topological polar surface area (TPSA) is 112 Å². The Morgan fingerprint density at radius 3 is 2.15 bits per heavy atom. The van der Waals surface area contributed by atoms with E-state index < -0.39 is 69.1 Å². The van der Waals surface area contributed by atoms with Gasteiger partial charge in [0.25, 0.3) is 18.2 Å². The van der Waals surface area contributed by atoms with Gasteiger partial charge in [0.15, 0.2) is 0 Å². The number of piperazine rings is 1. The zero-order chi connectivity index (χ0) is 29.5. The number of primary amides is 1. The molecule has 2 amide bonds. The van der Waals surface area contributed by atoms with E-state index in [2.05, 4.69) is 15.2 Å². The summed E-state index contributed by atoms with van der Waals surface area (Å²) in [7, 11) is 1.93. The molecule has 1 saturated heterocycles. The van der Waals surface area contributed by atoms with E-state index in [1.54, 1.807) is 4.90 Å². The normalized spacial score (nSPS) is 17.8. The number of aromatic amines is 1. The van der Waals surface area contributed by atoms with Crippen molar-refractivity contribution < 1.29 is 31.5 Å². The molecule has 1 fully saturated rings. The Labute approximate surface area is 225 Å². The Hall–Kier alpha value is -4.26. The Bertz CT molecular complexity index is 1530. The van der Waals surface area contributed by atoms with Crippen molar-refractivity contribution in [2.75, 3.05) is 30.4 Å². The summed E-state index contributed by atoms with van der Waals surface area (Å²) in [6, 6.07) is 3.88. The number of nitrogens with two attached hydrogens (primary N) is 1. The van der Waals surface area contributed by atoms with Crippen LogP contribution in [0.25, 0.3) is 11.1 Å². The van der Waals surface area contributed by atoms with E-state index >= 15 is 4.39 Å². The van der Waals surface area contributed by atoms with Gasteiger partial charge in [-0.25, -0.2) is 22.0 Å². The molecule has 2 heterocycles. The Balaban J connectivity index is 1.88. The lowest BCUT2D eigenvalue weighted by Gasteiger charge is -2.44. The molecule has 40 heavy (non-hydrogen) atoms. The minimum Gasteiger partial charge on any atom is -0.367 e. The molecule has 13 heteroatoms. The number of nitrogens with zero attached hydrogens (tertiary/aromatic N) is 2. The van der Waals surface area contributed by atoms with Gasteiger partial charge in [-0.2, -0.15) is 0 Å². The maximum atomic E-state index is 15.6. The van der Waals surface area contributed by atoms with Gasteiger partial charge in [0, 0.05) is 60.2 Å². The molecule has 2 aromatic carbocycles. The molecular formula is C27H26F5N5O3. The van der Waals surface area contributed by atoms with Crippen molar-refractivity contribution in [3.05, 3.63) is 81.0 Å². The highest BCUT2D eigenvalue weighted by Gasteiger charge is 2.30. The maximum Gasteiger partial charge on any atom is 0.264 e. The second-order valence-corrected chi connectivity index (χ2v) is 9.71. The standard InChI is InChI=1S/C27H26F5N5O3/c1-12-10-37(11-13(2)36(12)3)23-8-21(30)15(14-4-17(26(33)39)20(29)7-19(14)28)5-22(23)35-27(40)18-9-34-24(38)6-16(18)25(31)32/h4-9,12-13,25H,10-11H2,1-3H3,(H2,33,39)(H,34,38)(H,35,40). The van der Waals surface area contributed by atoms with E-state index in [9.17, 15) is 31.9 Å².